The molecule has 7 heteroatoms. The van der Waals surface area contributed by atoms with Crippen LogP contribution < -0.4 is 0 Å². The fraction of sp³-hybridized carbons (Fsp3) is 0.188. The Morgan fingerprint density at radius 1 is 1.35 bits per heavy atom. The van der Waals surface area contributed by atoms with E-state index in [1.54, 1.807) is 12.4 Å². The van der Waals surface area contributed by atoms with Crippen LogP contribution in [-0.4, -0.2) is 16.5 Å². The largest absolute Gasteiger partial charge is 0.310 e. The Kier molecular flexibility index (Phi) is 5.50. The van der Waals surface area contributed by atoms with E-state index >= 15 is 0 Å². The van der Waals surface area contributed by atoms with E-state index in [0.717, 1.165) is 55.8 Å². The van der Waals surface area contributed by atoms with Gasteiger partial charge in [0.25, 0.3) is 0 Å². The number of halogens is 2. The topological polar surface area (TPSA) is 51.5 Å². The summed E-state index contributed by atoms with van der Waals surface area (Å²) in [5, 5.41) is 4.07. The summed E-state index contributed by atoms with van der Waals surface area (Å²) in [6.07, 6.45) is 5.46. The van der Waals surface area contributed by atoms with Gasteiger partial charge in [0, 0.05) is 49.2 Å². The number of ketones is 1. The summed E-state index contributed by atoms with van der Waals surface area (Å²) < 4.78 is 5.84. The highest BCUT2D eigenvalue weighted by Crippen LogP contribution is 2.26. The maximum Gasteiger partial charge on any atom is 0.168 e. The molecule has 0 spiro atoms. The molecule has 1 aliphatic rings. The number of aryl methyl sites for hydroxylation is 1. The zero-order chi connectivity index (χ0) is 16.2. The van der Waals surface area contributed by atoms with E-state index in [2.05, 4.69) is 40.9 Å². The van der Waals surface area contributed by atoms with Crippen molar-refractivity contribution in [2.75, 3.05) is 0 Å². The number of benzene rings is 1. The van der Waals surface area contributed by atoms with Crippen LogP contribution in [0.5, 0.6) is 0 Å². The Morgan fingerprint density at radius 3 is 3.00 bits per heavy atom. The Hall–Kier alpha value is -1.18. The first-order chi connectivity index (χ1) is 11.2. The van der Waals surface area contributed by atoms with Crippen molar-refractivity contribution >= 4 is 52.7 Å². The number of aromatic nitrogens is 1. The van der Waals surface area contributed by atoms with Crippen molar-refractivity contribution in [3.8, 4) is 0 Å². The van der Waals surface area contributed by atoms with Gasteiger partial charge in [0.15, 0.2) is 16.3 Å². The van der Waals surface area contributed by atoms with E-state index in [1.165, 1.54) is 0 Å². The molecule has 118 valence electrons. The van der Waals surface area contributed by atoms with Crippen molar-refractivity contribution in [2.24, 2.45) is 5.16 Å². The fourth-order valence-electron chi connectivity index (χ4n) is 2.62. The van der Waals surface area contributed by atoms with Crippen LogP contribution in [0.3, 0.4) is 0 Å². The molecule has 4 nitrogen and oxygen atoms in total. The maximum absolute atomic E-state index is 12.5. The van der Waals surface area contributed by atoms with Gasteiger partial charge in [0.05, 0.1) is 5.71 Å². The van der Waals surface area contributed by atoms with Crippen LogP contribution in [0, 0.1) is 0 Å². The third-order valence-corrected chi connectivity index (χ3v) is 4.95. The molecule has 23 heavy (non-hydrogen) atoms. The summed E-state index contributed by atoms with van der Waals surface area (Å²) in [6.45, 7) is 0. The molecule has 0 radical (unpaired) electrons. The van der Waals surface area contributed by atoms with E-state index in [9.17, 15) is 4.79 Å². The third kappa shape index (κ3) is 3.84. The molecule has 1 aliphatic carbocycles. The minimum atomic E-state index is 0.0948. The van der Waals surface area contributed by atoms with Gasteiger partial charge < -0.3 is 4.28 Å². The number of hydrogen-bond donors (Lipinski definition) is 0. The molecule has 1 aromatic heterocycles. The average molecular weight is 456 g/mol. The molecule has 0 fully saturated rings. The van der Waals surface area contributed by atoms with Gasteiger partial charge in [-0.2, -0.15) is 0 Å². The highest BCUT2D eigenvalue weighted by Gasteiger charge is 2.20. The zero-order valence-electron chi connectivity index (χ0n) is 12.0. The normalized spacial score (nSPS) is 14.8. The molecular formula is C16H12Br2N2O2S. The second kappa shape index (κ2) is 7.59. The molecule has 0 saturated heterocycles. The summed E-state index contributed by atoms with van der Waals surface area (Å²) in [5.41, 5.74) is 4.79. The van der Waals surface area contributed by atoms with Crippen molar-refractivity contribution < 1.29 is 9.08 Å². The summed E-state index contributed by atoms with van der Waals surface area (Å²) in [6, 6.07) is 7.64. The van der Waals surface area contributed by atoms with Gasteiger partial charge in [-0.25, -0.2) is 0 Å². The lowest BCUT2D eigenvalue weighted by Gasteiger charge is -2.06. The lowest BCUT2D eigenvalue weighted by atomic mass is 9.99. The van der Waals surface area contributed by atoms with Crippen molar-refractivity contribution in [1.29, 1.82) is 0 Å². The highest BCUT2D eigenvalue weighted by molar-refractivity contribution is 9.49. The molecule has 0 atom stereocenters. The summed E-state index contributed by atoms with van der Waals surface area (Å²) in [7, 11) is 1.04. The minimum Gasteiger partial charge on any atom is -0.310 e. The molecule has 2 aromatic rings. The lowest BCUT2D eigenvalue weighted by molar-refractivity contribution is 0.0992. The van der Waals surface area contributed by atoms with Crippen LogP contribution in [0.1, 0.15) is 33.5 Å². The Morgan fingerprint density at radius 2 is 2.22 bits per heavy atom. The molecule has 1 aromatic carbocycles. The van der Waals surface area contributed by atoms with Crippen LogP contribution in [0.15, 0.2) is 46.3 Å². The standard InChI is InChI=1S/C16H12Br2N2O2S/c17-14-9-19-6-5-11(14)8-16(21)12-1-3-13-10(7-12)2-4-15(13)20-22-23-18/h1,3,5-7,9H,2,4,8H2/b20-15+. The predicted molar refractivity (Wildman–Crippen MR) is 98.9 cm³/mol. The zero-order valence-corrected chi connectivity index (χ0v) is 15.9. The smallest absolute Gasteiger partial charge is 0.168 e. The number of carbonyl (C=O) groups is 1. The number of carbonyl (C=O) groups excluding carboxylic acids is 1. The second-order valence-corrected chi connectivity index (χ2v) is 7.04. The quantitative estimate of drug-likeness (QED) is 0.365. The van der Waals surface area contributed by atoms with Gasteiger partial charge in [0.1, 0.15) is 0 Å². The van der Waals surface area contributed by atoms with Crippen molar-refractivity contribution in [3.63, 3.8) is 0 Å². The summed E-state index contributed by atoms with van der Waals surface area (Å²) >= 11 is 6.53. The number of oxime groups is 1. The number of nitrogens with zero attached hydrogens (tertiary/aromatic N) is 2. The first-order valence-corrected chi connectivity index (χ1v) is 10.3. The van der Waals surface area contributed by atoms with Crippen molar-refractivity contribution in [1.82, 2.24) is 4.98 Å². The minimum absolute atomic E-state index is 0.0948. The Labute approximate surface area is 154 Å². The van der Waals surface area contributed by atoms with E-state index in [4.69, 9.17) is 4.28 Å². The number of Topliss-reactive ketones (excluding diaryl/α,β-unsaturated/α-hetero) is 1. The predicted octanol–water partition coefficient (Wildman–Crippen LogP) is 4.89. The molecular weight excluding hydrogens is 444 g/mol. The van der Waals surface area contributed by atoms with E-state index < -0.39 is 0 Å². The molecule has 0 bridgehead atoms. The number of fused-ring (bicyclic) bond motifs is 1. The molecule has 3 rings (SSSR count). The van der Waals surface area contributed by atoms with Crippen LogP contribution in [0.2, 0.25) is 0 Å². The van der Waals surface area contributed by atoms with Gasteiger partial charge in [0.2, 0.25) is 0 Å². The first kappa shape index (κ1) is 16.7. The second-order valence-electron chi connectivity index (χ2n) is 5.11. The fourth-order valence-corrected chi connectivity index (χ4v) is 3.31. The molecule has 1 heterocycles. The lowest BCUT2D eigenvalue weighted by Crippen LogP contribution is -2.05. The Bertz CT molecular complexity index is 780. The van der Waals surface area contributed by atoms with Crippen molar-refractivity contribution in [3.05, 3.63) is 63.4 Å². The maximum atomic E-state index is 12.5. The summed E-state index contributed by atoms with van der Waals surface area (Å²) in [4.78, 5) is 16.5. The van der Waals surface area contributed by atoms with Gasteiger partial charge in [-0.1, -0.05) is 17.3 Å². The molecule has 0 aliphatic heterocycles. The van der Waals surface area contributed by atoms with Gasteiger partial charge >= 0.3 is 0 Å². The van der Waals surface area contributed by atoms with E-state index in [-0.39, 0.29) is 5.78 Å². The average Bonchev–Trinajstić information content (AvgIpc) is 2.97. The van der Waals surface area contributed by atoms with Gasteiger partial charge in [-0.05, 0) is 52.0 Å². The molecule has 0 unspecified atom stereocenters. The monoisotopic (exact) mass is 454 g/mol. The van der Waals surface area contributed by atoms with Gasteiger partial charge in [-0.15, -0.1) is 0 Å². The number of hydrogen-bond acceptors (Lipinski definition) is 5. The summed E-state index contributed by atoms with van der Waals surface area (Å²) in [5.74, 6) is 0.0948. The van der Waals surface area contributed by atoms with Crippen LogP contribution in [-0.2, 0) is 17.1 Å². The van der Waals surface area contributed by atoms with E-state index in [1.807, 2.05) is 24.3 Å². The van der Waals surface area contributed by atoms with Crippen LogP contribution in [0.25, 0.3) is 0 Å². The number of pyridine rings is 1. The Balaban J connectivity index is 1.80. The van der Waals surface area contributed by atoms with E-state index in [0.29, 0.717) is 6.42 Å². The highest BCUT2D eigenvalue weighted by atomic mass is 79.9. The number of rotatable bonds is 5. The van der Waals surface area contributed by atoms with Crippen molar-refractivity contribution in [2.45, 2.75) is 19.3 Å². The third-order valence-electron chi connectivity index (χ3n) is 3.75. The first-order valence-electron chi connectivity index (χ1n) is 6.95. The molecule has 0 N–H and O–H groups in total. The molecule has 0 saturated carbocycles. The van der Waals surface area contributed by atoms with Crippen LogP contribution >= 0.6 is 41.2 Å². The van der Waals surface area contributed by atoms with Gasteiger partial charge in [-0.3, -0.25) is 9.78 Å². The molecule has 0 amide bonds. The SMILES string of the molecule is O=C(Cc1ccncc1Br)c1ccc2c(c1)CC/C2=N\OSBr. The van der Waals surface area contributed by atoms with Crippen LogP contribution in [0.4, 0.5) is 0 Å².